The summed E-state index contributed by atoms with van der Waals surface area (Å²) in [5, 5.41) is 14.0. The average Bonchev–Trinajstić information content (AvgIpc) is 3.16. The van der Waals surface area contributed by atoms with E-state index in [0.29, 0.717) is 13.1 Å². The van der Waals surface area contributed by atoms with E-state index < -0.39 is 0 Å². The molecular weight excluding hydrogens is 312 g/mol. The molecule has 0 atom stereocenters. The summed E-state index contributed by atoms with van der Waals surface area (Å²) in [5.74, 6) is 0.0149. The van der Waals surface area contributed by atoms with Crippen LogP contribution in [0.5, 0.6) is 0 Å². The van der Waals surface area contributed by atoms with Gasteiger partial charge in [-0.2, -0.15) is 10.4 Å². The fourth-order valence-electron chi connectivity index (χ4n) is 3.35. The minimum Gasteiger partial charge on any atom is -0.331 e. The molecule has 0 aliphatic carbocycles. The van der Waals surface area contributed by atoms with Gasteiger partial charge in [0.2, 0.25) is 0 Å². The van der Waals surface area contributed by atoms with Crippen LogP contribution >= 0.6 is 0 Å². The van der Waals surface area contributed by atoms with Crippen LogP contribution in [0.25, 0.3) is 22.0 Å². The number of hydrogen-bond donors (Lipinski definition) is 0. The molecule has 5 nitrogen and oxygen atoms in total. The number of amides is 1. The van der Waals surface area contributed by atoms with Gasteiger partial charge in [0, 0.05) is 37.2 Å². The first-order valence-electron chi connectivity index (χ1n) is 8.07. The van der Waals surface area contributed by atoms with Gasteiger partial charge in [0.1, 0.15) is 0 Å². The summed E-state index contributed by atoms with van der Waals surface area (Å²) in [5.41, 5.74) is 5.00. The second-order valence-corrected chi connectivity index (χ2v) is 6.09. The summed E-state index contributed by atoms with van der Waals surface area (Å²) in [6.07, 6.45) is 4.97. The number of nitriles is 1. The van der Waals surface area contributed by atoms with Crippen LogP contribution in [0.1, 0.15) is 15.9 Å². The number of carbonyl (C=O) groups excluding carboxylic acids is 1. The lowest BCUT2D eigenvalue weighted by Gasteiger charge is -2.12. The van der Waals surface area contributed by atoms with Gasteiger partial charge >= 0.3 is 0 Å². The fourth-order valence-corrected chi connectivity index (χ4v) is 3.35. The molecule has 1 amide bonds. The predicted octanol–water partition coefficient (Wildman–Crippen LogP) is 3.28. The molecule has 0 saturated heterocycles. The molecule has 2 heterocycles. The zero-order valence-corrected chi connectivity index (χ0v) is 13.8. The summed E-state index contributed by atoms with van der Waals surface area (Å²) in [6, 6.07) is 14.0. The van der Waals surface area contributed by atoms with Crippen molar-refractivity contribution in [2.24, 2.45) is 7.05 Å². The molecule has 0 fully saturated rings. The fraction of sp³-hybridized carbons (Fsp3) is 0.150. The molecular formula is C20H16N4O. The maximum Gasteiger partial charge on any atom is 0.254 e. The molecule has 1 aliphatic rings. The molecule has 0 radical (unpaired) electrons. The topological polar surface area (TPSA) is 61.9 Å². The van der Waals surface area contributed by atoms with Crippen molar-refractivity contribution in [1.29, 1.82) is 5.26 Å². The lowest BCUT2D eigenvalue weighted by molar-refractivity contribution is 0.0796. The molecule has 2 aromatic carbocycles. The van der Waals surface area contributed by atoms with Crippen LogP contribution in [0.3, 0.4) is 0 Å². The van der Waals surface area contributed by atoms with Crippen LogP contribution in [0.2, 0.25) is 0 Å². The Hall–Kier alpha value is -3.39. The molecule has 0 saturated carbocycles. The third-order valence-corrected chi connectivity index (χ3v) is 4.62. The normalized spacial score (nSPS) is 13.6. The number of hydrogen-bond acceptors (Lipinski definition) is 3. The molecule has 25 heavy (non-hydrogen) atoms. The molecule has 0 N–H and O–H groups in total. The SMILES string of the molecule is Cn1ncc2ccc(-c3cccc4c3CN(C/C=C\C#N)C4=O)cc21. The number of fused-ring (bicyclic) bond motifs is 2. The number of benzene rings is 2. The van der Waals surface area contributed by atoms with Gasteiger partial charge in [-0.3, -0.25) is 9.48 Å². The monoisotopic (exact) mass is 328 g/mol. The van der Waals surface area contributed by atoms with Crippen LogP contribution in [0.4, 0.5) is 0 Å². The lowest BCUT2D eigenvalue weighted by atomic mass is 9.96. The third kappa shape index (κ3) is 2.48. The van der Waals surface area contributed by atoms with Gasteiger partial charge in [0.25, 0.3) is 5.91 Å². The summed E-state index contributed by atoms with van der Waals surface area (Å²) in [4.78, 5) is 14.3. The minimum absolute atomic E-state index is 0.0149. The van der Waals surface area contributed by atoms with Gasteiger partial charge in [-0.25, -0.2) is 0 Å². The maximum absolute atomic E-state index is 12.6. The molecule has 5 heteroatoms. The lowest BCUT2D eigenvalue weighted by Crippen LogP contribution is -2.23. The standard InChI is InChI=1S/C20H16N4O/c1-23-19-11-14(7-8-15(19)12-22-23)16-5-4-6-17-18(16)13-24(20(17)25)10-3-2-9-21/h2-8,11-12H,10,13H2,1H3/b3-2-. The Morgan fingerprint density at radius 2 is 2.12 bits per heavy atom. The van der Waals surface area contributed by atoms with E-state index in [-0.39, 0.29) is 5.91 Å². The Bertz CT molecular complexity index is 1060. The molecule has 0 spiro atoms. The molecule has 1 aromatic heterocycles. The zero-order chi connectivity index (χ0) is 17.4. The summed E-state index contributed by atoms with van der Waals surface area (Å²) in [7, 11) is 1.92. The molecule has 122 valence electrons. The van der Waals surface area contributed by atoms with Gasteiger partial charge in [-0.1, -0.05) is 30.3 Å². The molecule has 1 aliphatic heterocycles. The van der Waals surface area contributed by atoms with Crippen LogP contribution in [-0.2, 0) is 13.6 Å². The number of allylic oxidation sites excluding steroid dienone is 1. The Morgan fingerprint density at radius 3 is 2.96 bits per heavy atom. The van der Waals surface area contributed by atoms with Gasteiger partial charge in [-0.15, -0.1) is 0 Å². The van der Waals surface area contributed by atoms with E-state index in [1.807, 2.05) is 36.1 Å². The van der Waals surface area contributed by atoms with E-state index in [9.17, 15) is 4.79 Å². The summed E-state index contributed by atoms with van der Waals surface area (Å²) < 4.78 is 1.85. The van der Waals surface area contributed by atoms with Gasteiger partial charge in [0.15, 0.2) is 0 Å². The number of aryl methyl sites for hydroxylation is 1. The van der Waals surface area contributed by atoms with E-state index in [1.54, 1.807) is 11.0 Å². The van der Waals surface area contributed by atoms with Gasteiger partial charge in [-0.05, 0) is 28.8 Å². The van der Waals surface area contributed by atoms with Crippen molar-refractivity contribution in [1.82, 2.24) is 14.7 Å². The van der Waals surface area contributed by atoms with E-state index in [2.05, 4.69) is 29.4 Å². The Balaban J connectivity index is 1.76. The summed E-state index contributed by atoms with van der Waals surface area (Å²) in [6.45, 7) is 1.00. The Labute approximate surface area is 145 Å². The van der Waals surface area contributed by atoms with Crippen LogP contribution in [0.15, 0.2) is 54.7 Å². The van der Waals surface area contributed by atoms with E-state index in [0.717, 1.165) is 33.2 Å². The highest BCUT2D eigenvalue weighted by molar-refractivity contribution is 6.01. The Morgan fingerprint density at radius 1 is 1.28 bits per heavy atom. The molecule has 0 bridgehead atoms. The van der Waals surface area contributed by atoms with E-state index in [1.165, 1.54) is 6.08 Å². The quantitative estimate of drug-likeness (QED) is 0.693. The van der Waals surface area contributed by atoms with Crippen molar-refractivity contribution in [2.75, 3.05) is 6.54 Å². The summed E-state index contributed by atoms with van der Waals surface area (Å²) >= 11 is 0. The first kappa shape index (κ1) is 15.2. The maximum atomic E-state index is 12.6. The van der Waals surface area contributed by atoms with Crippen LogP contribution in [0, 0.1) is 11.3 Å². The largest absolute Gasteiger partial charge is 0.331 e. The Kier molecular flexibility index (Phi) is 3.58. The molecule has 4 rings (SSSR count). The van der Waals surface area contributed by atoms with Crippen molar-refractivity contribution >= 4 is 16.8 Å². The number of nitrogens with zero attached hydrogens (tertiary/aromatic N) is 4. The smallest absolute Gasteiger partial charge is 0.254 e. The van der Waals surface area contributed by atoms with Crippen molar-refractivity contribution in [3.63, 3.8) is 0 Å². The molecule has 0 unspecified atom stereocenters. The van der Waals surface area contributed by atoms with Gasteiger partial charge in [0.05, 0.1) is 17.8 Å². The highest BCUT2D eigenvalue weighted by Gasteiger charge is 2.28. The first-order chi connectivity index (χ1) is 12.2. The average molecular weight is 328 g/mol. The van der Waals surface area contributed by atoms with Crippen LogP contribution in [-0.4, -0.2) is 27.1 Å². The second kappa shape index (κ2) is 5.91. The second-order valence-electron chi connectivity index (χ2n) is 6.09. The zero-order valence-electron chi connectivity index (χ0n) is 13.8. The molecule has 3 aromatic rings. The van der Waals surface area contributed by atoms with Crippen molar-refractivity contribution < 1.29 is 4.79 Å². The van der Waals surface area contributed by atoms with Crippen molar-refractivity contribution in [2.45, 2.75) is 6.54 Å². The first-order valence-corrected chi connectivity index (χ1v) is 8.07. The third-order valence-electron chi connectivity index (χ3n) is 4.62. The van der Waals surface area contributed by atoms with E-state index in [4.69, 9.17) is 5.26 Å². The van der Waals surface area contributed by atoms with Crippen molar-refractivity contribution in [3.05, 3.63) is 65.9 Å². The minimum atomic E-state index is 0.0149. The number of rotatable bonds is 3. The predicted molar refractivity (Wildman–Crippen MR) is 95.6 cm³/mol. The number of aromatic nitrogens is 2. The number of carbonyl (C=O) groups is 1. The van der Waals surface area contributed by atoms with E-state index >= 15 is 0 Å². The highest BCUT2D eigenvalue weighted by Crippen LogP contribution is 2.33. The van der Waals surface area contributed by atoms with Crippen LogP contribution < -0.4 is 0 Å². The van der Waals surface area contributed by atoms with Gasteiger partial charge < -0.3 is 4.90 Å². The highest BCUT2D eigenvalue weighted by atomic mass is 16.2. The van der Waals surface area contributed by atoms with Crippen molar-refractivity contribution in [3.8, 4) is 17.2 Å².